The number of hydrogen-bond donors (Lipinski definition) is 0. The molecule has 1 amide bonds. The molecular formula is C19H16Cl2N4O2S. The second kappa shape index (κ2) is 7.39. The minimum Gasteiger partial charge on any atom is -0.309 e. The van der Waals surface area contributed by atoms with E-state index in [2.05, 4.69) is 10.2 Å². The van der Waals surface area contributed by atoms with Crippen LogP contribution in [0.1, 0.15) is 29.8 Å². The van der Waals surface area contributed by atoms with Crippen LogP contribution in [-0.4, -0.2) is 38.1 Å². The summed E-state index contributed by atoms with van der Waals surface area (Å²) in [4.78, 5) is 26.3. The van der Waals surface area contributed by atoms with Crippen LogP contribution < -0.4 is 4.90 Å². The Hall–Kier alpha value is -2.09. The predicted octanol–water partition coefficient (Wildman–Crippen LogP) is 4.31. The summed E-state index contributed by atoms with van der Waals surface area (Å²) < 4.78 is 1.68. The van der Waals surface area contributed by atoms with Gasteiger partial charge in [0, 0.05) is 30.4 Å². The molecule has 28 heavy (non-hydrogen) atoms. The average Bonchev–Trinajstić information content (AvgIpc) is 3.18. The number of carbonyl (C=O) groups is 2. The molecule has 0 N–H and O–H groups in total. The normalized spacial score (nSPS) is 15.9. The molecular weight excluding hydrogens is 419 g/mol. The quantitative estimate of drug-likeness (QED) is 0.451. The number of nitrogens with zero attached hydrogens (tertiary/aromatic N) is 4. The van der Waals surface area contributed by atoms with Gasteiger partial charge in [-0.2, -0.15) is 0 Å². The molecule has 1 aliphatic rings. The first-order valence-corrected chi connectivity index (χ1v) is 10.4. The molecule has 0 saturated heterocycles. The minimum atomic E-state index is -0.0217. The Kier molecular flexibility index (Phi) is 5.07. The number of aromatic nitrogens is 3. The summed E-state index contributed by atoms with van der Waals surface area (Å²) in [5, 5.41) is 9.56. The van der Waals surface area contributed by atoms with Crippen molar-refractivity contribution in [3.63, 3.8) is 0 Å². The van der Waals surface area contributed by atoms with E-state index in [0.29, 0.717) is 26.4 Å². The van der Waals surface area contributed by atoms with Crippen LogP contribution in [0.3, 0.4) is 0 Å². The molecule has 6 nitrogen and oxygen atoms in total. The molecule has 4 rings (SSSR count). The standard InChI is InChI=1S/C19H16Cl2N4O2S/c1-10-5-13-6-12(3-4-16(13)25(10)11(2)26)17(27)9-28-19-23-22-18-15(21)7-14(20)8-24(18)19/h3-4,6-8,10H,5,9H2,1-2H3. The van der Waals surface area contributed by atoms with E-state index in [9.17, 15) is 9.59 Å². The van der Waals surface area contributed by atoms with E-state index < -0.39 is 0 Å². The van der Waals surface area contributed by atoms with Gasteiger partial charge in [0.1, 0.15) is 0 Å². The Morgan fingerprint density at radius 2 is 2.04 bits per heavy atom. The third kappa shape index (κ3) is 3.38. The number of thioether (sulfide) groups is 1. The summed E-state index contributed by atoms with van der Waals surface area (Å²) in [6.45, 7) is 3.56. The number of fused-ring (bicyclic) bond motifs is 2. The molecule has 0 spiro atoms. The van der Waals surface area contributed by atoms with E-state index in [1.165, 1.54) is 11.8 Å². The fourth-order valence-corrected chi connectivity index (χ4v) is 4.81. The highest BCUT2D eigenvalue weighted by Crippen LogP contribution is 2.33. The second-order valence-electron chi connectivity index (χ2n) is 6.68. The highest BCUT2D eigenvalue weighted by molar-refractivity contribution is 7.99. The number of rotatable bonds is 4. The highest BCUT2D eigenvalue weighted by Gasteiger charge is 2.29. The molecule has 0 radical (unpaired) electrons. The Morgan fingerprint density at radius 3 is 2.79 bits per heavy atom. The Balaban J connectivity index is 1.53. The van der Waals surface area contributed by atoms with Crippen LogP contribution in [0, 0.1) is 0 Å². The van der Waals surface area contributed by atoms with Crippen molar-refractivity contribution in [2.45, 2.75) is 31.5 Å². The van der Waals surface area contributed by atoms with Crippen molar-refractivity contribution in [2.75, 3.05) is 10.7 Å². The summed E-state index contributed by atoms with van der Waals surface area (Å²) in [5.41, 5.74) is 3.02. The number of pyridine rings is 1. The zero-order chi connectivity index (χ0) is 20.0. The van der Waals surface area contributed by atoms with Gasteiger partial charge in [0.05, 0.1) is 15.8 Å². The van der Waals surface area contributed by atoms with E-state index in [0.717, 1.165) is 17.7 Å². The first-order chi connectivity index (χ1) is 13.3. The van der Waals surface area contributed by atoms with Crippen LogP contribution in [0.4, 0.5) is 5.69 Å². The second-order valence-corrected chi connectivity index (χ2v) is 8.47. The summed E-state index contributed by atoms with van der Waals surface area (Å²) in [7, 11) is 0. The van der Waals surface area contributed by atoms with Crippen molar-refractivity contribution >= 4 is 58.0 Å². The lowest BCUT2D eigenvalue weighted by Crippen LogP contribution is -2.33. The molecule has 3 heterocycles. The monoisotopic (exact) mass is 434 g/mol. The number of amides is 1. The SMILES string of the molecule is CC(=O)N1c2ccc(C(=O)CSc3nnc4c(Cl)cc(Cl)cn34)cc2CC1C. The third-order valence-electron chi connectivity index (χ3n) is 4.68. The molecule has 0 saturated carbocycles. The zero-order valence-electron chi connectivity index (χ0n) is 15.1. The van der Waals surface area contributed by atoms with Gasteiger partial charge in [-0.1, -0.05) is 35.0 Å². The number of anilines is 1. The number of halogens is 2. The van der Waals surface area contributed by atoms with Crippen LogP contribution in [-0.2, 0) is 11.2 Å². The predicted molar refractivity (Wildman–Crippen MR) is 111 cm³/mol. The van der Waals surface area contributed by atoms with Gasteiger partial charge in [-0.3, -0.25) is 14.0 Å². The van der Waals surface area contributed by atoms with Gasteiger partial charge in [0.15, 0.2) is 16.6 Å². The number of carbonyl (C=O) groups excluding carboxylic acids is 2. The van der Waals surface area contributed by atoms with Gasteiger partial charge in [-0.25, -0.2) is 0 Å². The first kappa shape index (κ1) is 19.2. The van der Waals surface area contributed by atoms with E-state index >= 15 is 0 Å². The number of ketones is 1. The summed E-state index contributed by atoms with van der Waals surface area (Å²) in [5.74, 6) is 0.193. The van der Waals surface area contributed by atoms with Crippen LogP contribution >= 0.6 is 35.0 Å². The van der Waals surface area contributed by atoms with E-state index in [-0.39, 0.29) is 23.5 Å². The molecule has 0 aliphatic carbocycles. The Morgan fingerprint density at radius 1 is 1.25 bits per heavy atom. The van der Waals surface area contributed by atoms with Crippen molar-refractivity contribution in [3.8, 4) is 0 Å². The van der Waals surface area contributed by atoms with Gasteiger partial charge in [0.2, 0.25) is 5.91 Å². The largest absolute Gasteiger partial charge is 0.309 e. The van der Waals surface area contributed by atoms with Crippen LogP contribution in [0.2, 0.25) is 10.0 Å². The Labute approximate surface area is 175 Å². The molecule has 9 heteroatoms. The number of hydrogen-bond acceptors (Lipinski definition) is 5. The molecule has 0 bridgehead atoms. The van der Waals surface area contributed by atoms with Gasteiger partial charge in [0.25, 0.3) is 0 Å². The van der Waals surface area contributed by atoms with Crippen molar-refractivity contribution in [1.29, 1.82) is 0 Å². The molecule has 1 aromatic carbocycles. The number of benzene rings is 1. The fourth-order valence-electron chi connectivity index (χ4n) is 3.50. The van der Waals surface area contributed by atoms with Crippen LogP contribution in [0.15, 0.2) is 35.6 Å². The zero-order valence-corrected chi connectivity index (χ0v) is 17.5. The Bertz CT molecular complexity index is 1110. The molecule has 1 unspecified atom stereocenters. The maximum absolute atomic E-state index is 12.7. The lowest BCUT2D eigenvalue weighted by atomic mass is 10.0. The molecule has 1 aliphatic heterocycles. The highest BCUT2D eigenvalue weighted by atomic mass is 35.5. The lowest BCUT2D eigenvalue weighted by molar-refractivity contribution is -0.116. The van der Waals surface area contributed by atoms with Gasteiger partial charge >= 0.3 is 0 Å². The summed E-state index contributed by atoms with van der Waals surface area (Å²) in [6, 6.07) is 7.20. The van der Waals surface area contributed by atoms with Crippen LogP contribution in [0.5, 0.6) is 0 Å². The summed E-state index contributed by atoms with van der Waals surface area (Å²) in [6.07, 6.45) is 2.41. The van der Waals surface area contributed by atoms with Gasteiger partial charge in [-0.15, -0.1) is 10.2 Å². The van der Waals surface area contributed by atoms with Crippen LogP contribution in [0.25, 0.3) is 5.65 Å². The fraction of sp³-hybridized carbons (Fsp3) is 0.263. The molecule has 144 valence electrons. The van der Waals surface area contributed by atoms with Crippen molar-refractivity contribution in [1.82, 2.24) is 14.6 Å². The van der Waals surface area contributed by atoms with Gasteiger partial charge in [-0.05, 0) is 43.2 Å². The molecule has 3 aromatic rings. The minimum absolute atomic E-state index is 0.0110. The topological polar surface area (TPSA) is 67.6 Å². The first-order valence-electron chi connectivity index (χ1n) is 8.63. The number of Topliss-reactive ketones (excluding diaryl/α,β-unsaturated/α-hetero) is 1. The van der Waals surface area contributed by atoms with Crippen molar-refractivity contribution in [2.24, 2.45) is 0 Å². The maximum atomic E-state index is 12.7. The summed E-state index contributed by atoms with van der Waals surface area (Å²) >= 11 is 13.4. The third-order valence-corrected chi connectivity index (χ3v) is 6.11. The van der Waals surface area contributed by atoms with E-state index in [4.69, 9.17) is 23.2 Å². The van der Waals surface area contributed by atoms with Gasteiger partial charge < -0.3 is 4.90 Å². The van der Waals surface area contributed by atoms with Crippen molar-refractivity contribution < 1.29 is 9.59 Å². The van der Waals surface area contributed by atoms with Crippen molar-refractivity contribution in [3.05, 3.63) is 51.6 Å². The smallest absolute Gasteiger partial charge is 0.224 e. The lowest BCUT2D eigenvalue weighted by Gasteiger charge is -2.20. The molecule has 2 aromatic heterocycles. The maximum Gasteiger partial charge on any atom is 0.224 e. The molecule has 0 fully saturated rings. The van der Waals surface area contributed by atoms with E-state index in [1.54, 1.807) is 34.6 Å². The average molecular weight is 435 g/mol. The van der Waals surface area contributed by atoms with E-state index in [1.807, 2.05) is 19.1 Å². The molecule has 1 atom stereocenters.